The molecule has 0 saturated carbocycles. The Kier molecular flexibility index (Phi) is 5.19. The van der Waals surface area contributed by atoms with E-state index in [0.717, 1.165) is 11.2 Å². The average molecular weight is 484 g/mol. The summed E-state index contributed by atoms with van der Waals surface area (Å²) in [4.78, 5) is 0. The van der Waals surface area contributed by atoms with Gasteiger partial charge in [0.25, 0.3) is 0 Å². The van der Waals surface area contributed by atoms with Gasteiger partial charge in [-0.3, -0.25) is 0 Å². The van der Waals surface area contributed by atoms with Crippen LogP contribution in [-0.4, -0.2) is 21.4 Å². The molecular formula is C26H23NOSn. The van der Waals surface area contributed by atoms with Crippen molar-refractivity contribution in [1.82, 2.24) is 0 Å². The van der Waals surface area contributed by atoms with E-state index < -0.39 is 21.4 Å². The van der Waals surface area contributed by atoms with Crippen LogP contribution >= 0.6 is 0 Å². The van der Waals surface area contributed by atoms with Crippen LogP contribution in [0.5, 0.6) is 0 Å². The fourth-order valence-electron chi connectivity index (χ4n) is 3.99. The summed E-state index contributed by atoms with van der Waals surface area (Å²) in [6.45, 7) is 2.28. The maximum absolute atomic E-state index is 6.49. The third-order valence-electron chi connectivity index (χ3n) is 5.42. The van der Waals surface area contributed by atoms with Gasteiger partial charge in [-0.1, -0.05) is 0 Å². The van der Waals surface area contributed by atoms with Crippen molar-refractivity contribution in [1.29, 1.82) is 0 Å². The molecule has 0 aliphatic carbocycles. The Morgan fingerprint density at radius 3 is 2.45 bits per heavy atom. The van der Waals surface area contributed by atoms with Crippen LogP contribution < -0.4 is 3.12 Å². The Labute approximate surface area is 181 Å². The van der Waals surface area contributed by atoms with E-state index in [-0.39, 0.29) is 0 Å². The molecule has 2 nitrogen and oxygen atoms in total. The van der Waals surface area contributed by atoms with Gasteiger partial charge in [0.2, 0.25) is 0 Å². The van der Waals surface area contributed by atoms with Crippen LogP contribution in [0.3, 0.4) is 0 Å². The number of benzene rings is 4. The Bertz CT molecular complexity index is 1280. The topological polar surface area (TPSA) is 16.4 Å². The number of rotatable bonds is 6. The fourth-order valence-corrected chi connectivity index (χ4v) is 8.02. The summed E-state index contributed by atoms with van der Waals surface area (Å²) in [5.74, 6) is 0. The molecule has 0 aliphatic rings. The fraction of sp³-hybridized carbons (Fsp3) is 0.154. The predicted octanol–water partition coefficient (Wildman–Crippen LogP) is 7.71. The van der Waals surface area contributed by atoms with Crippen molar-refractivity contribution in [2.75, 3.05) is 3.12 Å². The number of nitrogens with zero attached hydrogens (tertiary/aromatic N) is 1. The van der Waals surface area contributed by atoms with E-state index in [2.05, 4.69) is 95.0 Å². The molecule has 1 heterocycles. The van der Waals surface area contributed by atoms with Crippen molar-refractivity contribution >= 4 is 65.5 Å². The molecule has 29 heavy (non-hydrogen) atoms. The first-order valence-electron chi connectivity index (χ1n) is 10.3. The van der Waals surface area contributed by atoms with Crippen LogP contribution in [0.2, 0.25) is 4.44 Å². The van der Waals surface area contributed by atoms with Gasteiger partial charge in [-0.05, 0) is 0 Å². The first-order chi connectivity index (χ1) is 14.4. The van der Waals surface area contributed by atoms with E-state index in [1.807, 2.05) is 0 Å². The summed E-state index contributed by atoms with van der Waals surface area (Å²) < 4.78 is 10.4. The predicted molar refractivity (Wildman–Crippen MR) is 125 cm³/mol. The van der Waals surface area contributed by atoms with Crippen LogP contribution in [0.25, 0.3) is 32.7 Å². The Morgan fingerprint density at radius 1 is 0.793 bits per heavy atom. The Hall–Kier alpha value is -2.46. The summed E-state index contributed by atoms with van der Waals surface area (Å²) in [7, 11) is 0. The van der Waals surface area contributed by atoms with Gasteiger partial charge < -0.3 is 0 Å². The molecule has 2 radical (unpaired) electrons. The van der Waals surface area contributed by atoms with Crippen molar-refractivity contribution in [3.8, 4) is 0 Å². The normalized spacial score (nSPS) is 11.5. The third-order valence-corrected chi connectivity index (χ3v) is 9.40. The van der Waals surface area contributed by atoms with Gasteiger partial charge in [0, 0.05) is 0 Å². The van der Waals surface area contributed by atoms with Gasteiger partial charge in [-0.15, -0.1) is 0 Å². The number of anilines is 2. The SMILES string of the molecule is CCC[CH2][Sn][N](c1ccccc1)c1cccc2c1oc1ccc3ccccc3c12. The summed E-state index contributed by atoms with van der Waals surface area (Å²) >= 11 is -0.800. The number of furan rings is 1. The van der Waals surface area contributed by atoms with Crippen LogP contribution in [-0.2, 0) is 0 Å². The molecule has 0 fully saturated rings. The molecule has 5 aromatic rings. The second-order valence-corrected chi connectivity index (χ2v) is 11.0. The summed E-state index contributed by atoms with van der Waals surface area (Å²) in [6, 6.07) is 30.3. The zero-order valence-corrected chi connectivity index (χ0v) is 19.4. The number of hydrogen-bond donors (Lipinski definition) is 0. The van der Waals surface area contributed by atoms with E-state index in [9.17, 15) is 0 Å². The van der Waals surface area contributed by atoms with E-state index in [1.165, 1.54) is 50.2 Å². The van der Waals surface area contributed by atoms with Gasteiger partial charge in [0.1, 0.15) is 0 Å². The maximum atomic E-state index is 6.49. The summed E-state index contributed by atoms with van der Waals surface area (Å²) in [6.07, 6.45) is 2.56. The molecule has 142 valence electrons. The zero-order chi connectivity index (χ0) is 19.6. The molecule has 0 aliphatic heterocycles. The van der Waals surface area contributed by atoms with Crippen molar-refractivity contribution in [2.45, 2.75) is 24.2 Å². The molecule has 0 bridgehead atoms. The standard InChI is InChI=1S/C22H14NO.C4H9.Sn/c1-2-8-16(9-3-1)23-19-12-6-11-18-21-17-10-5-4-7-15(17)13-14-20(21)24-22(18)19;1-3-4-2;/h1-14H;1,3-4H2,2H3;/q-1;;+1. The monoisotopic (exact) mass is 485 g/mol. The van der Waals surface area contributed by atoms with Crippen LogP contribution in [0.4, 0.5) is 11.4 Å². The van der Waals surface area contributed by atoms with Gasteiger partial charge in [0.05, 0.1) is 0 Å². The van der Waals surface area contributed by atoms with Crippen molar-refractivity contribution < 1.29 is 4.42 Å². The minimum absolute atomic E-state index is 0.800. The first kappa shape index (κ1) is 18.6. The Morgan fingerprint density at radius 2 is 1.59 bits per heavy atom. The van der Waals surface area contributed by atoms with E-state index in [4.69, 9.17) is 4.42 Å². The van der Waals surface area contributed by atoms with E-state index >= 15 is 0 Å². The van der Waals surface area contributed by atoms with Crippen molar-refractivity contribution in [3.05, 3.63) is 84.9 Å². The molecule has 0 unspecified atom stereocenters. The van der Waals surface area contributed by atoms with Gasteiger partial charge in [-0.25, -0.2) is 0 Å². The third kappa shape index (κ3) is 3.40. The first-order valence-corrected chi connectivity index (χ1v) is 13.6. The second kappa shape index (κ2) is 8.11. The molecule has 5 rings (SSSR count). The second-order valence-electron chi connectivity index (χ2n) is 7.35. The van der Waals surface area contributed by atoms with Crippen LogP contribution in [0.1, 0.15) is 19.8 Å². The molecule has 0 spiro atoms. The summed E-state index contributed by atoms with van der Waals surface area (Å²) in [5, 5.41) is 4.96. The number of unbranched alkanes of at least 4 members (excludes halogenated alkanes) is 1. The van der Waals surface area contributed by atoms with Gasteiger partial charge >= 0.3 is 182 Å². The molecule has 3 heteroatoms. The number of hydrogen-bond acceptors (Lipinski definition) is 2. The van der Waals surface area contributed by atoms with Gasteiger partial charge in [0.15, 0.2) is 0 Å². The molecule has 0 atom stereocenters. The van der Waals surface area contributed by atoms with Gasteiger partial charge in [-0.2, -0.15) is 0 Å². The van der Waals surface area contributed by atoms with E-state index in [1.54, 1.807) is 0 Å². The summed E-state index contributed by atoms with van der Waals surface area (Å²) in [5.41, 5.74) is 4.49. The number of para-hydroxylation sites is 2. The van der Waals surface area contributed by atoms with Crippen molar-refractivity contribution in [3.63, 3.8) is 0 Å². The number of fused-ring (bicyclic) bond motifs is 5. The molecular weight excluding hydrogens is 461 g/mol. The molecule has 4 aromatic carbocycles. The van der Waals surface area contributed by atoms with Crippen molar-refractivity contribution in [2.24, 2.45) is 0 Å². The molecule has 0 amide bonds. The molecule has 0 saturated heterocycles. The van der Waals surface area contributed by atoms with E-state index in [0.29, 0.717) is 0 Å². The molecule has 0 N–H and O–H groups in total. The minimum atomic E-state index is -0.800. The Balaban J connectivity index is 1.73. The zero-order valence-electron chi connectivity index (χ0n) is 16.6. The van der Waals surface area contributed by atoms with Crippen LogP contribution in [0.15, 0.2) is 89.3 Å². The quantitative estimate of drug-likeness (QED) is 0.181. The average Bonchev–Trinajstić information content (AvgIpc) is 3.17. The molecule has 1 aromatic heterocycles. The van der Waals surface area contributed by atoms with Crippen LogP contribution in [0, 0.1) is 0 Å².